The van der Waals surface area contributed by atoms with Crippen molar-refractivity contribution in [3.63, 3.8) is 0 Å². The maximum absolute atomic E-state index is 12.0. The summed E-state index contributed by atoms with van der Waals surface area (Å²) in [5.74, 6) is -1.64. The summed E-state index contributed by atoms with van der Waals surface area (Å²) in [5, 5.41) is 11.6. The molecule has 1 heterocycles. The maximum Gasteiger partial charge on any atom is 0.337 e. The minimum atomic E-state index is -1.13. The highest BCUT2D eigenvalue weighted by molar-refractivity contribution is 9.10. The zero-order valence-electron chi connectivity index (χ0n) is 10.4. The number of nitrogens with zero attached hydrogens (tertiary/aromatic N) is 2. The molecule has 0 spiro atoms. The van der Waals surface area contributed by atoms with Crippen LogP contribution in [0.4, 0.5) is 5.69 Å². The smallest absolute Gasteiger partial charge is 0.337 e. The van der Waals surface area contributed by atoms with Gasteiger partial charge in [0.15, 0.2) is 0 Å². The Hall–Kier alpha value is -2.28. The van der Waals surface area contributed by atoms with Crippen molar-refractivity contribution in [1.29, 1.82) is 0 Å². The fourth-order valence-corrected chi connectivity index (χ4v) is 1.86. The molecule has 0 fully saturated rings. The monoisotopic (exact) mass is 335 g/mol. The van der Waals surface area contributed by atoms with Gasteiger partial charge in [0.25, 0.3) is 5.91 Å². The first kappa shape index (κ1) is 14.1. The number of nitrogens with one attached hydrogen (secondary N) is 1. The van der Waals surface area contributed by atoms with Crippen LogP contribution < -0.4 is 5.32 Å². The second kappa shape index (κ2) is 5.79. The van der Waals surface area contributed by atoms with E-state index < -0.39 is 11.9 Å². The molecule has 7 heteroatoms. The van der Waals surface area contributed by atoms with E-state index in [1.54, 1.807) is 13.0 Å². The molecule has 1 aromatic heterocycles. The van der Waals surface area contributed by atoms with E-state index in [9.17, 15) is 9.59 Å². The summed E-state index contributed by atoms with van der Waals surface area (Å²) in [4.78, 5) is 31.0. The molecule has 2 aromatic rings. The highest BCUT2D eigenvalue weighted by Crippen LogP contribution is 2.21. The van der Waals surface area contributed by atoms with E-state index in [0.29, 0.717) is 10.2 Å². The van der Waals surface area contributed by atoms with E-state index in [2.05, 4.69) is 31.2 Å². The lowest BCUT2D eigenvalue weighted by atomic mass is 10.2. The number of benzene rings is 1. The summed E-state index contributed by atoms with van der Waals surface area (Å²) in [5.41, 5.74) is 1.01. The van der Waals surface area contributed by atoms with E-state index in [1.807, 2.05) is 0 Å². The predicted molar refractivity (Wildman–Crippen MR) is 75.8 cm³/mol. The average Bonchev–Trinajstić information content (AvgIpc) is 2.41. The summed E-state index contributed by atoms with van der Waals surface area (Å²) in [6.07, 6.45) is 2.80. The Morgan fingerprint density at radius 3 is 2.60 bits per heavy atom. The van der Waals surface area contributed by atoms with E-state index >= 15 is 0 Å². The van der Waals surface area contributed by atoms with Crippen LogP contribution in [0, 0.1) is 6.92 Å². The minimum Gasteiger partial charge on any atom is -0.478 e. The lowest BCUT2D eigenvalue weighted by molar-refractivity contribution is 0.0698. The summed E-state index contributed by atoms with van der Waals surface area (Å²) >= 11 is 3.19. The minimum absolute atomic E-state index is 0.00667. The maximum atomic E-state index is 12.0. The third-order valence-electron chi connectivity index (χ3n) is 2.47. The molecule has 20 heavy (non-hydrogen) atoms. The number of aromatic carboxylic acids is 1. The van der Waals surface area contributed by atoms with Gasteiger partial charge in [-0.15, -0.1) is 0 Å². The third kappa shape index (κ3) is 3.18. The molecule has 1 aromatic carbocycles. The van der Waals surface area contributed by atoms with Gasteiger partial charge >= 0.3 is 5.97 Å². The molecule has 0 unspecified atom stereocenters. The Morgan fingerprint density at radius 1 is 1.25 bits per heavy atom. The van der Waals surface area contributed by atoms with Crippen molar-refractivity contribution in [2.24, 2.45) is 0 Å². The average molecular weight is 336 g/mol. The number of aromatic nitrogens is 2. The molecule has 0 aliphatic carbocycles. The van der Waals surface area contributed by atoms with Crippen molar-refractivity contribution >= 4 is 33.5 Å². The molecule has 0 bridgehead atoms. The summed E-state index contributed by atoms with van der Waals surface area (Å²) in [6.45, 7) is 1.76. The van der Waals surface area contributed by atoms with Crippen molar-refractivity contribution < 1.29 is 14.7 Å². The number of aryl methyl sites for hydroxylation is 1. The van der Waals surface area contributed by atoms with Gasteiger partial charge in [0, 0.05) is 10.7 Å². The first-order valence-corrected chi connectivity index (χ1v) is 6.39. The highest BCUT2D eigenvalue weighted by atomic mass is 79.9. The van der Waals surface area contributed by atoms with Gasteiger partial charge in [-0.1, -0.05) is 15.9 Å². The SMILES string of the molecule is Cc1cnc(C(=O)Nc2ccc(Br)cc2C(=O)O)cn1. The number of carboxylic acids is 1. The number of carbonyl (C=O) groups excluding carboxylic acids is 1. The third-order valence-corrected chi connectivity index (χ3v) is 2.97. The summed E-state index contributed by atoms with van der Waals surface area (Å²) < 4.78 is 0.614. The van der Waals surface area contributed by atoms with Crippen molar-refractivity contribution in [3.8, 4) is 0 Å². The van der Waals surface area contributed by atoms with Crippen LogP contribution in [-0.4, -0.2) is 27.0 Å². The lowest BCUT2D eigenvalue weighted by Crippen LogP contribution is -2.16. The van der Waals surface area contributed by atoms with Gasteiger partial charge in [0.1, 0.15) is 5.69 Å². The molecule has 0 radical (unpaired) electrons. The number of hydrogen-bond acceptors (Lipinski definition) is 4. The largest absolute Gasteiger partial charge is 0.478 e. The summed E-state index contributed by atoms with van der Waals surface area (Å²) in [6, 6.07) is 4.56. The summed E-state index contributed by atoms with van der Waals surface area (Å²) in [7, 11) is 0. The van der Waals surface area contributed by atoms with Gasteiger partial charge in [-0.3, -0.25) is 9.78 Å². The van der Waals surface area contributed by atoms with Gasteiger partial charge in [-0.25, -0.2) is 9.78 Å². The van der Waals surface area contributed by atoms with Crippen LogP contribution in [-0.2, 0) is 0 Å². The van der Waals surface area contributed by atoms with Gasteiger partial charge in [0.2, 0.25) is 0 Å². The zero-order valence-corrected chi connectivity index (χ0v) is 12.0. The van der Waals surface area contributed by atoms with Gasteiger partial charge in [-0.05, 0) is 25.1 Å². The van der Waals surface area contributed by atoms with E-state index in [4.69, 9.17) is 5.11 Å². The van der Waals surface area contributed by atoms with E-state index in [0.717, 1.165) is 0 Å². The molecule has 2 N–H and O–H groups in total. The highest BCUT2D eigenvalue weighted by Gasteiger charge is 2.15. The first-order valence-electron chi connectivity index (χ1n) is 5.60. The molecule has 0 saturated heterocycles. The normalized spacial score (nSPS) is 10.1. The van der Waals surface area contributed by atoms with Crippen LogP contribution >= 0.6 is 15.9 Å². The second-order valence-corrected chi connectivity index (χ2v) is 4.91. The van der Waals surface area contributed by atoms with Gasteiger partial charge < -0.3 is 10.4 Å². The molecular formula is C13H10BrN3O3. The quantitative estimate of drug-likeness (QED) is 0.898. The predicted octanol–water partition coefficient (Wildman–Crippen LogP) is 2.50. The number of anilines is 1. The topological polar surface area (TPSA) is 92.2 Å². The van der Waals surface area contributed by atoms with Crippen LogP contribution in [0.25, 0.3) is 0 Å². The number of amides is 1. The first-order chi connectivity index (χ1) is 9.47. The van der Waals surface area contributed by atoms with Crippen molar-refractivity contribution in [1.82, 2.24) is 9.97 Å². The number of halogens is 1. The van der Waals surface area contributed by atoms with Gasteiger partial charge in [0.05, 0.1) is 23.1 Å². The zero-order chi connectivity index (χ0) is 14.7. The molecule has 0 saturated carbocycles. The standard InChI is InChI=1S/C13H10BrN3O3/c1-7-5-16-11(6-15-7)12(18)17-10-3-2-8(14)4-9(10)13(19)20/h2-6H,1H3,(H,17,18)(H,19,20). The second-order valence-electron chi connectivity index (χ2n) is 3.99. The number of hydrogen-bond donors (Lipinski definition) is 2. The Morgan fingerprint density at radius 2 is 2.00 bits per heavy atom. The molecule has 1 amide bonds. The Labute approximate surface area is 123 Å². The molecule has 0 atom stereocenters. The Bertz CT molecular complexity index is 671. The fourth-order valence-electron chi connectivity index (χ4n) is 1.50. The van der Waals surface area contributed by atoms with Gasteiger partial charge in [-0.2, -0.15) is 0 Å². The molecule has 102 valence electrons. The van der Waals surface area contributed by atoms with Crippen LogP contribution in [0.15, 0.2) is 35.1 Å². The van der Waals surface area contributed by atoms with Crippen LogP contribution in [0.1, 0.15) is 26.5 Å². The van der Waals surface area contributed by atoms with Crippen LogP contribution in [0.2, 0.25) is 0 Å². The molecule has 0 aliphatic rings. The molecular weight excluding hydrogens is 326 g/mol. The number of rotatable bonds is 3. The fraction of sp³-hybridized carbons (Fsp3) is 0.0769. The molecule has 0 aliphatic heterocycles. The van der Waals surface area contributed by atoms with Crippen LogP contribution in [0.3, 0.4) is 0 Å². The van der Waals surface area contributed by atoms with E-state index in [-0.39, 0.29) is 16.9 Å². The molecule has 2 rings (SSSR count). The van der Waals surface area contributed by atoms with Crippen LogP contribution in [0.5, 0.6) is 0 Å². The lowest BCUT2D eigenvalue weighted by Gasteiger charge is -2.08. The Kier molecular flexibility index (Phi) is 4.09. The number of carboxylic acid groups (broad SMARTS) is 1. The van der Waals surface area contributed by atoms with Crippen molar-refractivity contribution in [2.45, 2.75) is 6.92 Å². The van der Waals surface area contributed by atoms with E-state index in [1.165, 1.54) is 24.5 Å². The van der Waals surface area contributed by atoms with Crippen molar-refractivity contribution in [2.75, 3.05) is 5.32 Å². The molecule has 6 nitrogen and oxygen atoms in total. The van der Waals surface area contributed by atoms with Crippen molar-refractivity contribution in [3.05, 3.63) is 52.0 Å². The Balaban J connectivity index is 2.28. The number of carbonyl (C=O) groups is 2.